The van der Waals surface area contributed by atoms with Crippen LogP contribution in [0.5, 0.6) is 0 Å². The lowest BCUT2D eigenvalue weighted by Crippen LogP contribution is -2.55. The molecule has 1 unspecified atom stereocenters. The Labute approximate surface area is 191 Å². The fraction of sp³-hybridized carbons (Fsp3) is 0.727. The normalized spacial score (nSPS) is 17.9. The van der Waals surface area contributed by atoms with Crippen molar-refractivity contribution in [3.05, 3.63) is 23.8 Å². The van der Waals surface area contributed by atoms with E-state index >= 15 is 0 Å². The third kappa shape index (κ3) is 7.54. The quantitative estimate of drug-likeness (QED) is 0.233. The van der Waals surface area contributed by atoms with Crippen LogP contribution < -0.4 is 0 Å². The molecule has 2 rings (SSSR count). The maximum atomic E-state index is 13.7. The molecule has 1 aliphatic heterocycles. The number of guanidine groups is 1. The Hall–Kier alpha value is -2.01. The standard InChI is InChI=1S/C22H39FN7O2/c1-6-30(5,11-8-12-31-7-2)22(28(3)4)27-21(19-16-24-17-25-20(19)15-23)26-18-29-9-13-32-14-10-29/h16-17H,6-15,18H2,1-5H3/q+1/b26-21-,27-22?. The van der Waals surface area contributed by atoms with Gasteiger partial charge in [0, 0.05) is 46.4 Å². The lowest BCUT2D eigenvalue weighted by molar-refractivity contribution is -0.824. The van der Waals surface area contributed by atoms with Crippen molar-refractivity contribution in [1.29, 1.82) is 0 Å². The summed E-state index contributed by atoms with van der Waals surface area (Å²) < 4.78 is 25.3. The van der Waals surface area contributed by atoms with Gasteiger partial charge in [0.25, 0.3) is 0 Å². The van der Waals surface area contributed by atoms with Gasteiger partial charge in [0.15, 0.2) is 5.84 Å². The fourth-order valence-electron chi connectivity index (χ4n) is 3.60. The molecule has 1 aliphatic rings. The molecule has 9 nitrogen and oxygen atoms in total. The van der Waals surface area contributed by atoms with Crippen molar-refractivity contribution in [1.82, 2.24) is 19.8 Å². The molecule has 1 fully saturated rings. The molecule has 1 saturated heterocycles. The molecule has 0 amide bonds. The molecule has 180 valence electrons. The Morgan fingerprint density at radius 1 is 1.31 bits per heavy atom. The van der Waals surface area contributed by atoms with Gasteiger partial charge in [0.2, 0.25) is 0 Å². The maximum absolute atomic E-state index is 13.7. The summed E-state index contributed by atoms with van der Waals surface area (Å²) in [5.74, 6) is 1.30. The van der Waals surface area contributed by atoms with Crippen molar-refractivity contribution < 1.29 is 18.3 Å². The first-order valence-electron chi connectivity index (χ1n) is 11.3. The van der Waals surface area contributed by atoms with E-state index in [0.717, 1.165) is 38.6 Å². The third-order valence-corrected chi connectivity index (χ3v) is 5.62. The van der Waals surface area contributed by atoms with Crippen LogP contribution >= 0.6 is 0 Å². The van der Waals surface area contributed by atoms with Gasteiger partial charge in [0.1, 0.15) is 13.0 Å². The highest BCUT2D eigenvalue weighted by Crippen LogP contribution is 2.14. The molecule has 0 radical (unpaired) electrons. The number of nitrogens with zero attached hydrogens (tertiary/aromatic N) is 7. The molecular formula is C22H39FN7O2+. The minimum absolute atomic E-state index is 0.296. The Kier molecular flexibility index (Phi) is 11.1. The predicted molar refractivity (Wildman–Crippen MR) is 124 cm³/mol. The Morgan fingerprint density at radius 3 is 2.69 bits per heavy atom. The van der Waals surface area contributed by atoms with Crippen molar-refractivity contribution in [2.24, 2.45) is 9.98 Å². The van der Waals surface area contributed by atoms with E-state index in [1.165, 1.54) is 6.33 Å². The molecule has 1 aromatic rings. The summed E-state index contributed by atoms with van der Waals surface area (Å²) in [6.45, 7) is 10.0. The first kappa shape index (κ1) is 26.2. The highest BCUT2D eigenvalue weighted by atomic mass is 19.1. The number of rotatable bonds is 10. The Morgan fingerprint density at radius 2 is 2.06 bits per heavy atom. The second-order valence-corrected chi connectivity index (χ2v) is 8.16. The minimum atomic E-state index is -0.699. The summed E-state index contributed by atoms with van der Waals surface area (Å²) in [7, 11) is 6.11. The fourth-order valence-corrected chi connectivity index (χ4v) is 3.60. The van der Waals surface area contributed by atoms with E-state index in [4.69, 9.17) is 19.5 Å². The highest BCUT2D eigenvalue weighted by molar-refractivity contribution is 6.05. The number of alkyl halides is 1. The van der Waals surface area contributed by atoms with E-state index in [1.54, 1.807) is 6.20 Å². The van der Waals surface area contributed by atoms with Crippen LogP contribution in [-0.2, 0) is 16.1 Å². The SMILES string of the molecule is CCOCCC[N+](C)(CC)C(=N/C(=N\CN1CCOCC1)c1cncnc1CF)N(C)C. The number of aliphatic imine (C=N–C) groups is 2. The van der Waals surface area contributed by atoms with Gasteiger partial charge in [-0.1, -0.05) is 0 Å². The van der Waals surface area contributed by atoms with Crippen LogP contribution in [0.2, 0.25) is 0 Å². The number of aromatic nitrogens is 2. The molecule has 0 aromatic carbocycles. The number of halogens is 1. The van der Waals surface area contributed by atoms with Gasteiger partial charge in [-0.25, -0.2) is 19.4 Å². The van der Waals surface area contributed by atoms with Gasteiger partial charge in [0.05, 0.1) is 57.9 Å². The molecule has 10 heteroatoms. The summed E-state index contributed by atoms with van der Waals surface area (Å²) in [5, 5.41) is 0. The van der Waals surface area contributed by atoms with Crippen molar-refractivity contribution in [3.63, 3.8) is 0 Å². The molecule has 32 heavy (non-hydrogen) atoms. The van der Waals surface area contributed by atoms with Crippen LogP contribution in [0.15, 0.2) is 22.5 Å². The zero-order chi connectivity index (χ0) is 23.4. The Balaban J connectivity index is 2.43. The van der Waals surface area contributed by atoms with Crippen molar-refractivity contribution in [2.75, 3.05) is 80.4 Å². The Bertz CT molecular complexity index is 754. The molecule has 0 N–H and O–H groups in total. The second kappa shape index (κ2) is 13.5. The van der Waals surface area contributed by atoms with Crippen molar-refractivity contribution >= 4 is 11.8 Å². The number of hydrogen-bond acceptors (Lipinski definition) is 6. The van der Waals surface area contributed by atoms with E-state index in [9.17, 15) is 4.39 Å². The van der Waals surface area contributed by atoms with E-state index in [1.807, 2.05) is 25.9 Å². The molecule has 0 spiro atoms. The van der Waals surface area contributed by atoms with Gasteiger partial charge < -0.3 is 14.4 Å². The van der Waals surface area contributed by atoms with E-state index in [-0.39, 0.29) is 0 Å². The topological polar surface area (TPSA) is 75.4 Å². The van der Waals surface area contributed by atoms with E-state index in [2.05, 4.69) is 28.8 Å². The van der Waals surface area contributed by atoms with Crippen LogP contribution in [-0.4, -0.2) is 116 Å². The molecule has 0 bridgehead atoms. The number of hydrogen-bond donors (Lipinski definition) is 0. The summed E-state index contributed by atoms with van der Waals surface area (Å²) in [4.78, 5) is 22.2. The molecule has 2 heterocycles. The summed E-state index contributed by atoms with van der Waals surface area (Å²) in [5.41, 5.74) is 0.823. The lowest BCUT2D eigenvalue weighted by atomic mass is 10.2. The van der Waals surface area contributed by atoms with E-state index < -0.39 is 6.67 Å². The van der Waals surface area contributed by atoms with Crippen LogP contribution in [0, 0.1) is 0 Å². The average Bonchev–Trinajstić information content (AvgIpc) is 2.82. The largest absolute Gasteiger partial charge is 0.382 e. The molecule has 0 aliphatic carbocycles. The lowest BCUT2D eigenvalue weighted by Gasteiger charge is -2.36. The van der Waals surface area contributed by atoms with Crippen LogP contribution in [0.1, 0.15) is 31.5 Å². The van der Waals surface area contributed by atoms with Gasteiger partial charge in [-0.15, -0.1) is 0 Å². The summed E-state index contributed by atoms with van der Waals surface area (Å²) in [6.07, 6.45) is 3.87. The van der Waals surface area contributed by atoms with Crippen LogP contribution in [0.3, 0.4) is 0 Å². The van der Waals surface area contributed by atoms with Crippen molar-refractivity contribution in [3.8, 4) is 0 Å². The first-order chi connectivity index (χ1) is 15.4. The van der Waals surface area contributed by atoms with Gasteiger partial charge in [-0.2, -0.15) is 4.99 Å². The summed E-state index contributed by atoms with van der Waals surface area (Å²) in [6, 6.07) is 0. The van der Waals surface area contributed by atoms with Gasteiger partial charge >= 0.3 is 5.96 Å². The molecule has 1 aromatic heterocycles. The monoisotopic (exact) mass is 452 g/mol. The first-order valence-corrected chi connectivity index (χ1v) is 11.3. The number of ether oxygens (including phenoxy) is 2. The third-order valence-electron chi connectivity index (χ3n) is 5.62. The molecule has 1 atom stereocenters. The number of quaternary nitrogens is 1. The van der Waals surface area contributed by atoms with Crippen LogP contribution in [0.4, 0.5) is 4.39 Å². The molecule has 0 saturated carbocycles. The number of morpholine rings is 1. The summed E-state index contributed by atoms with van der Waals surface area (Å²) >= 11 is 0. The highest BCUT2D eigenvalue weighted by Gasteiger charge is 2.30. The zero-order valence-corrected chi connectivity index (χ0v) is 20.3. The molecular weight excluding hydrogens is 413 g/mol. The number of amidine groups is 1. The van der Waals surface area contributed by atoms with Crippen LogP contribution in [0.25, 0.3) is 0 Å². The minimum Gasteiger partial charge on any atom is -0.382 e. The van der Waals surface area contributed by atoms with Crippen molar-refractivity contribution in [2.45, 2.75) is 26.9 Å². The zero-order valence-electron chi connectivity index (χ0n) is 20.3. The predicted octanol–water partition coefficient (Wildman–Crippen LogP) is 1.79. The van der Waals surface area contributed by atoms with Gasteiger partial charge in [-0.3, -0.25) is 9.38 Å². The van der Waals surface area contributed by atoms with Gasteiger partial charge in [-0.05, 0) is 13.8 Å². The average molecular weight is 453 g/mol. The maximum Gasteiger partial charge on any atom is 0.306 e. The van der Waals surface area contributed by atoms with E-state index in [0.29, 0.717) is 54.7 Å². The smallest absolute Gasteiger partial charge is 0.306 e. The second-order valence-electron chi connectivity index (χ2n) is 8.16.